The summed E-state index contributed by atoms with van der Waals surface area (Å²) in [5.41, 5.74) is -0.689. The van der Waals surface area contributed by atoms with Crippen LogP contribution in [0.25, 0.3) is 0 Å². The molecular formula is C27H28N2O7. The molecule has 0 radical (unpaired) electrons. The molecule has 188 valence electrons. The Balaban J connectivity index is 1.68. The quantitative estimate of drug-likeness (QED) is 0.342. The molecule has 9 heteroatoms. The average molecular weight is 493 g/mol. The number of nitrogens with zero attached hydrogens (tertiary/aromatic N) is 1. The summed E-state index contributed by atoms with van der Waals surface area (Å²) in [6.07, 6.45) is -0.175. The lowest BCUT2D eigenvalue weighted by Gasteiger charge is -2.32. The second-order valence-electron chi connectivity index (χ2n) is 8.45. The van der Waals surface area contributed by atoms with E-state index in [0.29, 0.717) is 6.61 Å². The molecule has 4 rings (SSSR count). The molecule has 1 aliphatic heterocycles. The van der Waals surface area contributed by atoms with Gasteiger partial charge in [-0.1, -0.05) is 66.7 Å². The molecule has 0 saturated carbocycles. The van der Waals surface area contributed by atoms with Crippen molar-refractivity contribution in [1.29, 1.82) is 0 Å². The molecule has 2 heterocycles. The lowest BCUT2D eigenvalue weighted by molar-refractivity contribution is -0.158. The van der Waals surface area contributed by atoms with E-state index in [1.807, 2.05) is 60.7 Å². The summed E-state index contributed by atoms with van der Waals surface area (Å²) in [4.78, 5) is 38.6. The zero-order valence-electron chi connectivity index (χ0n) is 19.9. The minimum Gasteiger partial charge on any atom is -0.455 e. The lowest BCUT2D eigenvalue weighted by atomic mass is 9.95. The Morgan fingerprint density at radius 2 is 1.69 bits per heavy atom. The van der Waals surface area contributed by atoms with Crippen LogP contribution in [0, 0.1) is 0 Å². The molecule has 1 fully saturated rings. The van der Waals surface area contributed by atoms with E-state index in [4.69, 9.17) is 18.9 Å². The van der Waals surface area contributed by atoms with Crippen molar-refractivity contribution in [3.8, 4) is 0 Å². The molecule has 0 spiro atoms. The van der Waals surface area contributed by atoms with Gasteiger partial charge in [0.1, 0.15) is 11.7 Å². The van der Waals surface area contributed by atoms with Crippen molar-refractivity contribution in [3.63, 3.8) is 0 Å². The fourth-order valence-electron chi connectivity index (χ4n) is 4.18. The van der Waals surface area contributed by atoms with Gasteiger partial charge in [-0.05, 0) is 11.1 Å². The largest absolute Gasteiger partial charge is 0.455 e. The fraction of sp³-hybridized carbons (Fsp3) is 0.296. The van der Waals surface area contributed by atoms with Crippen LogP contribution in [0.2, 0.25) is 0 Å². The molecule has 1 aliphatic rings. The van der Waals surface area contributed by atoms with Crippen LogP contribution in [0.5, 0.6) is 0 Å². The SMILES string of the molecule is C=CC1(COCc2ccccc2)OC(n2ccc(=O)[nH]c2=O)C(OC(C)=O)C1OCc1ccccc1. The first-order chi connectivity index (χ1) is 17.4. The van der Waals surface area contributed by atoms with Crippen LogP contribution >= 0.6 is 0 Å². The smallest absolute Gasteiger partial charge is 0.330 e. The molecule has 2 aromatic carbocycles. The summed E-state index contributed by atoms with van der Waals surface area (Å²) in [5.74, 6) is -0.579. The summed E-state index contributed by atoms with van der Waals surface area (Å²) in [6.45, 7) is 5.72. The first kappa shape index (κ1) is 25.3. The van der Waals surface area contributed by atoms with Gasteiger partial charge in [-0.15, -0.1) is 6.58 Å². The number of esters is 1. The molecule has 0 amide bonds. The molecular weight excluding hydrogens is 464 g/mol. The Labute approximate surface area is 207 Å². The second kappa shape index (κ2) is 11.3. The van der Waals surface area contributed by atoms with Gasteiger partial charge in [-0.25, -0.2) is 4.79 Å². The van der Waals surface area contributed by atoms with Crippen LogP contribution in [0.1, 0.15) is 24.3 Å². The maximum Gasteiger partial charge on any atom is 0.330 e. The highest BCUT2D eigenvalue weighted by Gasteiger charge is 2.57. The normalized spacial score (nSPS) is 23.3. The molecule has 4 unspecified atom stereocenters. The number of benzene rings is 2. The number of H-pyrrole nitrogens is 1. The highest BCUT2D eigenvalue weighted by Crippen LogP contribution is 2.42. The van der Waals surface area contributed by atoms with Crippen molar-refractivity contribution >= 4 is 5.97 Å². The Bertz CT molecular complexity index is 1290. The Kier molecular flexibility index (Phi) is 7.94. The van der Waals surface area contributed by atoms with Crippen molar-refractivity contribution < 1.29 is 23.7 Å². The number of carbonyl (C=O) groups is 1. The van der Waals surface area contributed by atoms with E-state index in [0.717, 1.165) is 15.7 Å². The van der Waals surface area contributed by atoms with Crippen molar-refractivity contribution in [1.82, 2.24) is 9.55 Å². The van der Waals surface area contributed by atoms with Crippen LogP contribution in [-0.4, -0.2) is 39.9 Å². The van der Waals surface area contributed by atoms with Gasteiger partial charge in [0.05, 0.1) is 19.8 Å². The fourth-order valence-corrected chi connectivity index (χ4v) is 4.18. The predicted molar refractivity (Wildman–Crippen MR) is 131 cm³/mol. The highest BCUT2D eigenvalue weighted by molar-refractivity contribution is 5.66. The summed E-state index contributed by atoms with van der Waals surface area (Å²) in [5, 5.41) is 0. The van der Waals surface area contributed by atoms with Crippen LogP contribution < -0.4 is 11.2 Å². The minimum atomic E-state index is -1.27. The number of nitrogens with one attached hydrogen (secondary N) is 1. The van der Waals surface area contributed by atoms with Crippen molar-refractivity contribution in [2.75, 3.05) is 6.61 Å². The van der Waals surface area contributed by atoms with E-state index in [1.54, 1.807) is 6.08 Å². The number of carbonyl (C=O) groups excluding carboxylic acids is 1. The standard InChI is InChI=1S/C27H28N2O7/c1-3-27(18-33-16-20-10-6-4-7-11-20)24(34-17-21-12-8-5-9-13-21)23(35-19(2)30)25(36-27)29-15-14-22(31)28-26(29)32/h3-15,23-25H,1,16-18H2,2H3,(H,28,31,32). The van der Waals surface area contributed by atoms with Crippen LogP contribution in [0.3, 0.4) is 0 Å². The Hall–Kier alpha value is -3.79. The van der Waals surface area contributed by atoms with E-state index in [9.17, 15) is 14.4 Å². The molecule has 9 nitrogen and oxygen atoms in total. The molecule has 3 aromatic rings. The van der Waals surface area contributed by atoms with Gasteiger partial charge in [0.2, 0.25) is 0 Å². The van der Waals surface area contributed by atoms with E-state index < -0.39 is 41.3 Å². The summed E-state index contributed by atoms with van der Waals surface area (Å²) in [6, 6.07) is 20.3. The predicted octanol–water partition coefficient (Wildman–Crippen LogP) is 2.72. The van der Waals surface area contributed by atoms with Gasteiger partial charge in [-0.2, -0.15) is 0 Å². The maximum absolute atomic E-state index is 12.6. The topological polar surface area (TPSA) is 109 Å². The number of aromatic amines is 1. The van der Waals surface area contributed by atoms with E-state index in [1.165, 1.54) is 19.2 Å². The third-order valence-corrected chi connectivity index (χ3v) is 5.89. The monoisotopic (exact) mass is 492 g/mol. The minimum absolute atomic E-state index is 0.0111. The third kappa shape index (κ3) is 5.71. The van der Waals surface area contributed by atoms with Gasteiger partial charge in [0.25, 0.3) is 5.56 Å². The average Bonchev–Trinajstić information content (AvgIpc) is 3.16. The second-order valence-corrected chi connectivity index (χ2v) is 8.45. The molecule has 4 atom stereocenters. The number of ether oxygens (including phenoxy) is 4. The van der Waals surface area contributed by atoms with Crippen molar-refractivity contribution in [3.05, 3.63) is 118 Å². The number of hydrogen-bond donors (Lipinski definition) is 1. The first-order valence-corrected chi connectivity index (χ1v) is 11.5. The molecule has 1 aromatic heterocycles. The summed E-state index contributed by atoms with van der Waals surface area (Å²) >= 11 is 0. The van der Waals surface area contributed by atoms with Gasteiger partial charge < -0.3 is 18.9 Å². The third-order valence-electron chi connectivity index (χ3n) is 5.89. The van der Waals surface area contributed by atoms with Gasteiger partial charge in [0.15, 0.2) is 12.3 Å². The number of hydrogen-bond acceptors (Lipinski definition) is 7. The molecule has 1 N–H and O–H groups in total. The molecule has 1 saturated heterocycles. The van der Waals surface area contributed by atoms with Crippen molar-refractivity contribution in [2.45, 2.75) is 44.2 Å². The van der Waals surface area contributed by atoms with Gasteiger partial charge in [-0.3, -0.25) is 19.1 Å². The summed E-state index contributed by atoms with van der Waals surface area (Å²) in [7, 11) is 0. The molecule has 0 bridgehead atoms. The van der Waals surface area contributed by atoms with Crippen LogP contribution in [0.4, 0.5) is 0 Å². The van der Waals surface area contributed by atoms with Crippen LogP contribution in [-0.2, 0) is 37.0 Å². The zero-order chi connectivity index (χ0) is 25.5. The Morgan fingerprint density at radius 3 is 2.28 bits per heavy atom. The van der Waals surface area contributed by atoms with E-state index in [-0.39, 0.29) is 13.2 Å². The van der Waals surface area contributed by atoms with E-state index in [2.05, 4.69) is 11.6 Å². The zero-order valence-corrected chi connectivity index (χ0v) is 19.9. The first-order valence-electron chi connectivity index (χ1n) is 11.5. The number of rotatable bonds is 10. The molecule has 0 aliphatic carbocycles. The maximum atomic E-state index is 12.6. The van der Waals surface area contributed by atoms with Gasteiger partial charge in [0, 0.05) is 19.2 Å². The number of aromatic nitrogens is 2. The summed E-state index contributed by atoms with van der Waals surface area (Å²) < 4.78 is 25.5. The van der Waals surface area contributed by atoms with Gasteiger partial charge >= 0.3 is 11.7 Å². The van der Waals surface area contributed by atoms with Crippen LogP contribution in [0.15, 0.2) is 95.2 Å². The Morgan fingerprint density at radius 1 is 1.06 bits per heavy atom. The van der Waals surface area contributed by atoms with Crippen molar-refractivity contribution in [2.24, 2.45) is 0 Å². The molecule has 36 heavy (non-hydrogen) atoms. The van der Waals surface area contributed by atoms with E-state index >= 15 is 0 Å². The lowest BCUT2D eigenvalue weighted by Crippen LogP contribution is -2.48. The highest BCUT2D eigenvalue weighted by atomic mass is 16.6.